The number of rotatable bonds is 3. The molecule has 2 aliphatic rings. The monoisotopic (exact) mass is 478 g/mol. The highest BCUT2D eigenvalue weighted by atomic mass is 16.8. The van der Waals surface area contributed by atoms with Crippen molar-refractivity contribution in [1.82, 2.24) is 9.55 Å². The van der Waals surface area contributed by atoms with Gasteiger partial charge in [0.15, 0.2) is 5.60 Å². The number of benzene rings is 1. The third-order valence-electron chi connectivity index (χ3n) is 6.31. The first kappa shape index (κ1) is 22.7. The summed E-state index contributed by atoms with van der Waals surface area (Å²) in [6.45, 7) is 4.80. The molecular formula is C25H22N2O8. The largest absolute Gasteiger partial charge is 0.519 e. The van der Waals surface area contributed by atoms with Crippen LogP contribution < -0.4 is 5.56 Å². The van der Waals surface area contributed by atoms with E-state index in [1.807, 2.05) is 30.3 Å². The Hall–Kier alpha value is -4.05. The Kier molecular flexibility index (Phi) is 5.21. The fourth-order valence-corrected chi connectivity index (χ4v) is 4.35. The van der Waals surface area contributed by atoms with Crippen LogP contribution in [0.3, 0.4) is 0 Å². The molecule has 1 N–H and O–H groups in total. The number of ether oxygens (including phenoxy) is 3. The number of aromatic nitrogens is 2. The fraction of sp³-hybridized carbons (Fsp3) is 0.320. The summed E-state index contributed by atoms with van der Waals surface area (Å²) in [5.41, 5.74) is -0.517. The lowest BCUT2D eigenvalue weighted by Crippen LogP contribution is -2.47. The zero-order chi connectivity index (χ0) is 25.1. The minimum absolute atomic E-state index is 0.0386. The number of carbonyl (C=O) groups excluding carboxylic acids is 3. The maximum absolute atomic E-state index is 13.6. The number of esters is 2. The molecule has 1 aromatic carbocycles. The maximum atomic E-state index is 13.6. The minimum atomic E-state index is -2.14. The van der Waals surface area contributed by atoms with Gasteiger partial charge in [-0.1, -0.05) is 39.0 Å². The van der Waals surface area contributed by atoms with Crippen LogP contribution in [0.2, 0.25) is 0 Å². The van der Waals surface area contributed by atoms with Crippen molar-refractivity contribution in [2.75, 3.05) is 0 Å². The van der Waals surface area contributed by atoms with Crippen molar-refractivity contribution in [2.45, 2.75) is 45.6 Å². The van der Waals surface area contributed by atoms with Crippen LogP contribution in [0.5, 0.6) is 0 Å². The second-order valence-electron chi connectivity index (χ2n) is 8.83. The molecule has 1 unspecified atom stereocenters. The first-order chi connectivity index (χ1) is 16.6. The molecule has 0 amide bonds. The summed E-state index contributed by atoms with van der Waals surface area (Å²) in [6.07, 6.45) is -3.31. The number of nitrogens with zero attached hydrogens (tertiary/aromatic N) is 2. The number of cyclic esters (lactones) is 1. The third kappa shape index (κ3) is 3.48. The summed E-state index contributed by atoms with van der Waals surface area (Å²) < 4.78 is 16.2. The van der Waals surface area contributed by atoms with E-state index in [9.17, 15) is 24.3 Å². The molecule has 2 aromatic heterocycles. The van der Waals surface area contributed by atoms with Gasteiger partial charge >= 0.3 is 18.1 Å². The molecule has 2 aliphatic heterocycles. The summed E-state index contributed by atoms with van der Waals surface area (Å²) in [7, 11) is 0. The summed E-state index contributed by atoms with van der Waals surface area (Å²) in [5.74, 6) is -2.54. The molecular weight excluding hydrogens is 456 g/mol. The van der Waals surface area contributed by atoms with Gasteiger partial charge in [0.05, 0.1) is 29.4 Å². The van der Waals surface area contributed by atoms with Gasteiger partial charge in [-0.15, -0.1) is 0 Å². The van der Waals surface area contributed by atoms with Gasteiger partial charge in [-0.2, -0.15) is 0 Å². The molecule has 3 aromatic rings. The first-order valence-electron chi connectivity index (χ1n) is 11.2. The molecule has 10 nitrogen and oxygen atoms in total. The highest BCUT2D eigenvalue weighted by Crippen LogP contribution is 2.42. The SMILES string of the molecule is CC[C@@]1(O)C(=O)OC(OC(=O)OC(=O)C(C)C)c2c1cc1n(c2=O)Cc2cc3ccccc3nc2-1. The molecule has 2 atom stereocenters. The number of pyridine rings is 2. The second-order valence-corrected chi connectivity index (χ2v) is 8.83. The summed E-state index contributed by atoms with van der Waals surface area (Å²) in [4.78, 5) is 55.0. The maximum Gasteiger partial charge on any atom is 0.519 e. The normalized spacial score (nSPS) is 20.1. The van der Waals surface area contributed by atoms with Crippen molar-refractivity contribution < 1.29 is 33.7 Å². The van der Waals surface area contributed by atoms with E-state index in [1.54, 1.807) is 6.92 Å². The van der Waals surface area contributed by atoms with Crippen LogP contribution in [0, 0.1) is 5.92 Å². The number of para-hydroxylation sites is 1. The van der Waals surface area contributed by atoms with Crippen LogP contribution >= 0.6 is 0 Å². The van der Waals surface area contributed by atoms with Crippen molar-refractivity contribution in [3.05, 3.63) is 63.4 Å². The lowest BCUT2D eigenvalue weighted by Gasteiger charge is -2.35. The van der Waals surface area contributed by atoms with E-state index in [0.29, 0.717) is 11.4 Å². The smallest absolute Gasteiger partial charge is 0.418 e. The molecule has 0 bridgehead atoms. The van der Waals surface area contributed by atoms with E-state index < -0.39 is 41.5 Å². The first-order valence-corrected chi connectivity index (χ1v) is 11.2. The number of aliphatic hydroxyl groups is 1. The average molecular weight is 478 g/mol. The molecule has 0 radical (unpaired) electrons. The Bertz CT molecular complexity index is 1470. The third-order valence-corrected chi connectivity index (χ3v) is 6.31. The van der Waals surface area contributed by atoms with Gasteiger partial charge in [0.25, 0.3) is 11.8 Å². The van der Waals surface area contributed by atoms with E-state index in [0.717, 1.165) is 16.5 Å². The van der Waals surface area contributed by atoms with Crippen LogP contribution in [0.4, 0.5) is 4.79 Å². The summed E-state index contributed by atoms with van der Waals surface area (Å²) in [6, 6.07) is 10.9. The molecule has 180 valence electrons. The molecule has 5 rings (SSSR count). The van der Waals surface area contributed by atoms with E-state index in [1.165, 1.54) is 24.5 Å². The minimum Gasteiger partial charge on any atom is -0.418 e. The lowest BCUT2D eigenvalue weighted by atomic mass is 9.85. The zero-order valence-corrected chi connectivity index (χ0v) is 19.2. The van der Waals surface area contributed by atoms with Gasteiger partial charge in [0, 0.05) is 16.5 Å². The van der Waals surface area contributed by atoms with Crippen molar-refractivity contribution >= 4 is 29.0 Å². The van der Waals surface area contributed by atoms with Crippen molar-refractivity contribution in [2.24, 2.45) is 5.92 Å². The van der Waals surface area contributed by atoms with Gasteiger partial charge in [-0.3, -0.25) is 9.59 Å². The Morgan fingerprint density at radius 3 is 2.71 bits per heavy atom. The average Bonchev–Trinajstić information content (AvgIpc) is 3.18. The Morgan fingerprint density at radius 1 is 1.26 bits per heavy atom. The molecule has 10 heteroatoms. The van der Waals surface area contributed by atoms with E-state index >= 15 is 0 Å². The predicted octanol–water partition coefficient (Wildman–Crippen LogP) is 2.91. The van der Waals surface area contributed by atoms with Gasteiger partial charge in [0.2, 0.25) is 0 Å². The van der Waals surface area contributed by atoms with Crippen LogP contribution in [0.25, 0.3) is 22.3 Å². The summed E-state index contributed by atoms with van der Waals surface area (Å²) >= 11 is 0. The highest BCUT2D eigenvalue weighted by Gasteiger charge is 2.50. The molecule has 0 fully saturated rings. The van der Waals surface area contributed by atoms with E-state index in [2.05, 4.69) is 4.74 Å². The van der Waals surface area contributed by atoms with Gasteiger partial charge in [-0.25, -0.2) is 14.6 Å². The fourth-order valence-electron chi connectivity index (χ4n) is 4.35. The topological polar surface area (TPSA) is 134 Å². The molecule has 35 heavy (non-hydrogen) atoms. The second kappa shape index (κ2) is 8.02. The highest BCUT2D eigenvalue weighted by molar-refractivity contribution is 5.87. The van der Waals surface area contributed by atoms with Crippen LogP contribution in [0.15, 0.2) is 41.2 Å². The number of fused-ring (bicyclic) bond motifs is 5. The van der Waals surface area contributed by atoms with Crippen molar-refractivity contribution in [3.63, 3.8) is 0 Å². The number of hydrogen-bond donors (Lipinski definition) is 1. The Morgan fingerprint density at radius 2 is 2.00 bits per heavy atom. The van der Waals surface area contributed by atoms with Gasteiger partial charge < -0.3 is 23.9 Å². The standard InChI is InChI=1S/C25H22N2O8/c1-4-25(32)15-10-17-19-14(9-13-7-5-6-8-16(13)26-19)11-27(17)20(28)18(15)22(34-23(25)30)35-24(31)33-21(29)12(2)3/h5-10,12,22,32H,4,11H2,1-3H3/t22?,25-/m0/s1. The van der Waals surface area contributed by atoms with E-state index in [4.69, 9.17) is 14.5 Å². The number of hydrogen-bond acceptors (Lipinski definition) is 9. The van der Waals surface area contributed by atoms with Gasteiger partial charge in [-0.05, 0) is 24.6 Å². The quantitative estimate of drug-likeness (QED) is 0.348. The van der Waals surface area contributed by atoms with Crippen molar-refractivity contribution in [1.29, 1.82) is 0 Å². The zero-order valence-electron chi connectivity index (χ0n) is 19.2. The van der Waals surface area contributed by atoms with E-state index in [-0.39, 0.29) is 24.1 Å². The van der Waals surface area contributed by atoms with Crippen molar-refractivity contribution in [3.8, 4) is 11.4 Å². The van der Waals surface area contributed by atoms with Gasteiger partial charge in [0.1, 0.15) is 5.56 Å². The van der Waals surface area contributed by atoms with Crippen LogP contribution in [0.1, 0.15) is 50.2 Å². The Balaban J connectivity index is 1.64. The van der Waals surface area contributed by atoms with Crippen LogP contribution in [-0.4, -0.2) is 32.8 Å². The number of carbonyl (C=O) groups is 3. The van der Waals surface area contributed by atoms with Crippen LogP contribution in [-0.2, 0) is 35.9 Å². The summed E-state index contributed by atoms with van der Waals surface area (Å²) in [5, 5.41) is 12.1. The Labute approximate surface area is 199 Å². The molecule has 4 heterocycles. The molecule has 0 saturated carbocycles. The lowest BCUT2D eigenvalue weighted by molar-refractivity contribution is -0.202. The molecule has 0 saturated heterocycles. The predicted molar refractivity (Wildman–Crippen MR) is 121 cm³/mol. The molecule has 0 spiro atoms. The molecule has 0 aliphatic carbocycles.